The van der Waals surface area contributed by atoms with E-state index >= 15 is 0 Å². The largest absolute Gasteiger partial charge is 0.481 e. The number of hydrogen-bond donors (Lipinski definition) is 4. The minimum atomic E-state index is -1.32. The van der Waals surface area contributed by atoms with Crippen LogP contribution in [0.3, 0.4) is 0 Å². The van der Waals surface area contributed by atoms with Crippen LogP contribution in [0.15, 0.2) is 18.2 Å². The number of aliphatic carboxylic acids is 1. The standard InChI is InChI=1S/C11H15NO4/c1-6-4-7(2-3-8(6)12)11(16)9(13)5-10(14)15/h2-4,9,11,13,16H,5,12H2,1H3,(H,14,15). The van der Waals surface area contributed by atoms with Gasteiger partial charge in [0.1, 0.15) is 6.10 Å². The highest BCUT2D eigenvalue weighted by Gasteiger charge is 2.21. The molecule has 0 heterocycles. The van der Waals surface area contributed by atoms with E-state index in [1.807, 2.05) is 0 Å². The van der Waals surface area contributed by atoms with Crippen LogP contribution in [0.4, 0.5) is 5.69 Å². The third-order valence-corrected chi connectivity index (χ3v) is 2.38. The van der Waals surface area contributed by atoms with Crippen LogP contribution < -0.4 is 5.73 Å². The second-order valence-corrected chi connectivity index (χ2v) is 3.73. The Hall–Kier alpha value is -1.59. The van der Waals surface area contributed by atoms with Crippen molar-refractivity contribution in [1.82, 2.24) is 0 Å². The summed E-state index contributed by atoms with van der Waals surface area (Å²) < 4.78 is 0. The van der Waals surface area contributed by atoms with E-state index in [1.165, 1.54) is 0 Å². The van der Waals surface area contributed by atoms with Gasteiger partial charge in [-0.25, -0.2) is 0 Å². The zero-order valence-electron chi connectivity index (χ0n) is 8.92. The smallest absolute Gasteiger partial charge is 0.306 e. The molecule has 0 saturated heterocycles. The van der Waals surface area contributed by atoms with E-state index in [2.05, 4.69) is 0 Å². The van der Waals surface area contributed by atoms with Gasteiger partial charge in [-0.05, 0) is 24.1 Å². The van der Waals surface area contributed by atoms with Gasteiger partial charge in [0.15, 0.2) is 0 Å². The minimum Gasteiger partial charge on any atom is -0.481 e. The number of aliphatic hydroxyl groups excluding tert-OH is 2. The van der Waals surface area contributed by atoms with E-state index in [1.54, 1.807) is 25.1 Å². The third kappa shape index (κ3) is 2.95. The minimum absolute atomic E-state index is 0.459. The lowest BCUT2D eigenvalue weighted by Gasteiger charge is -2.17. The molecular weight excluding hydrogens is 210 g/mol. The monoisotopic (exact) mass is 225 g/mol. The number of benzene rings is 1. The molecule has 0 aromatic heterocycles. The van der Waals surface area contributed by atoms with Crippen molar-refractivity contribution in [1.29, 1.82) is 0 Å². The van der Waals surface area contributed by atoms with Gasteiger partial charge in [-0.1, -0.05) is 12.1 Å². The maximum absolute atomic E-state index is 10.4. The van der Waals surface area contributed by atoms with Crippen LogP contribution in [-0.2, 0) is 4.79 Å². The molecule has 0 aliphatic heterocycles. The van der Waals surface area contributed by atoms with E-state index < -0.39 is 24.6 Å². The first kappa shape index (κ1) is 12.5. The summed E-state index contributed by atoms with van der Waals surface area (Å²) in [5.41, 5.74) is 7.43. The lowest BCUT2D eigenvalue weighted by Crippen LogP contribution is -2.21. The molecule has 1 aromatic rings. The highest BCUT2D eigenvalue weighted by Crippen LogP contribution is 2.22. The quantitative estimate of drug-likeness (QED) is 0.557. The van der Waals surface area contributed by atoms with Crippen LogP contribution in [0.5, 0.6) is 0 Å². The molecule has 1 rings (SSSR count). The van der Waals surface area contributed by atoms with Crippen molar-refractivity contribution in [2.75, 3.05) is 5.73 Å². The second-order valence-electron chi connectivity index (χ2n) is 3.73. The summed E-state index contributed by atoms with van der Waals surface area (Å²) in [6, 6.07) is 4.81. The summed E-state index contributed by atoms with van der Waals surface area (Å²) >= 11 is 0. The number of aryl methyl sites for hydroxylation is 1. The molecule has 1 aromatic carbocycles. The zero-order chi connectivity index (χ0) is 12.3. The molecule has 0 aliphatic carbocycles. The van der Waals surface area contributed by atoms with Crippen molar-refractivity contribution in [3.05, 3.63) is 29.3 Å². The number of nitrogens with two attached hydrogens (primary N) is 1. The van der Waals surface area contributed by atoms with Gasteiger partial charge in [0, 0.05) is 5.69 Å². The Kier molecular flexibility index (Phi) is 3.87. The first-order valence-electron chi connectivity index (χ1n) is 4.85. The number of carboxylic acids is 1. The van der Waals surface area contributed by atoms with Gasteiger partial charge in [0.2, 0.25) is 0 Å². The van der Waals surface area contributed by atoms with Gasteiger partial charge in [0.05, 0.1) is 12.5 Å². The van der Waals surface area contributed by atoms with Crippen molar-refractivity contribution >= 4 is 11.7 Å². The molecule has 5 nitrogen and oxygen atoms in total. The number of rotatable bonds is 4. The number of carbonyl (C=O) groups is 1. The maximum Gasteiger partial charge on any atom is 0.306 e. The van der Waals surface area contributed by atoms with Crippen LogP contribution in [-0.4, -0.2) is 27.4 Å². The average Bonchev–Trinajstić information content (AvgIpc) is 2.20. The topological polar surface area (TPSA) is 104 Å². The van der Waals surface area contributed by atoms with Gasteiger partial charge in [-0.3, -0.25) is 4.79 Å². The highest BCUT2D eigenvalue weighted by atomic mass is 16.4. The summed E-state index contributed by atoms with van der Waals surface area (Å²) in [6.45, 7) is 1.77. The fourth-order valence-electron chi connectivity index (χ4n) is 1.40. The van der Waals surface area contributed by atoms with E-state index in [-0.39, 0.29) is 0 Å². The van der Waals surface area contributed by atoms with Crippen LogP contribution in [0.1, 0.15) is 23.7 Å². The highest BCUT2D eigenvalue weighted by molar-refractivity contribution is 5.67. The van der Waals surface area contributed by atoms with Crippen molar-refractivity contribution in [2.24, 2.45) is 0 Å². The van der Waals surface area contributed by atoms with Crippen LogP contribution in [0, 0.1) is 6.92 Å². The summed E-state index contributed by atoms with van der Waals surface area (Å²) in [5.74, 6) is -1.15. The van der Waals surface area contributed by atoms with E-state index in [0.717, 1.165) is 5.56 Å². The summed E-state index contributed by atoms with van der Waals surface area (Å²) in [7, 11) is 0. The Morgan fingerprint density at radius 2 is 2.06 bits per heavy atom. The fraction of sp³-hybridized carbons (Fsp3) is 0.364. The normalized spacial score (nSPS) is 14.4. The van der Waals surface area contributed by atoms with Gasteiger partial charge in [0.25, 0.3) is 0 Å². The van der Waals surface area contributed by atoms with Crippen molar-refractivity contribution in [3.63, 3.8) is 0 Å². The van der Waals surface area contributed by atoms with Crippen molar-refractivity contribution < 1.29 is 20.1 Å². The molecule has 0 aliphatic rings. The van der Waals surface area contributed by atoms with Crippen LogP contribution in [0.2, 0.25) is 0 Å². The average molecular weight is 225 g/mol. The summed E-state index contributed by atoms with van der Waals surface area (Å²) in [5, 5.41) is 27.6. The number of carboxylic acid groups (broad SMARTS) is 1. The van der Waals surface area contributed by atoms with Gasteiger partial charge >= 0.3 is 5.97 Å². The molecule has 0 saturated carbocycles. The molecular formula is C11H15NO4. The molecule has 5 heteroatoms. The maximum atomic E-state index is 10.4. The molecule has 88 valence electrons. The summed E-state index contributed by atoms with van der Waals surface area (Å²) in [4.78, 5) is 10.4. The lowest BCUT2D eigenvalue weighted by atomic mass is 10.00. The molecule has 0 radical (unpaired) electrons. The Morgan fingerprint density at radius 3 is 2.56 bits per heavy atom. The van der Waals surface area contributed by atoms with Gasteiger partial charge < -0.3 is 21.1 Å². The zero-order valence-corrected chi connectivity index (χ0v) is 8.92. The number of anilines is 1. The first-order chi connectivity index (χ1) is 7.41. The molecule has 16 heavy (non-hydrogen) atoms. The second kappa shape index (κ2) is 4.96. The predicted molar refractivity (Wildman–Crippen MR) is 58.8 cm³/mol. The lowest BCUT2D eigenvalue weighted by molar-refractivity contribution is -0.141. The molecule has 0 bridgehead atoms. The SMILES string of the molecule is Cc1cc(C(O)C(O)CC(=O)O)ccc1N. The van der Waals surface area contributed by atoms with Gasteiger partial charge in [-0.2, -0.15) is 0 Å². The van der Waals surface area contributed by atoms with E-state index in [0.29, 0.717) is 11.3 Å². The Labute approximate surface area is 93.1 Å². The Morgan fingerprint density at radius 1 is 1.44 bits per heavy atom. The molecule has 0 amide bonds. The Bertz CT molecular complexity index is 392. The first-order valence-corrected chi connectivity index (χ1v) is 4.85. The van der Waals surface area contributed by atoms with Crippen molar-refractivity contribution in [2.45, 2.75) is 25.6 Å². The van der Waals surface area contributed by atoms with Crippen molar-refractivity contribution in [3.8, 4) is 0 Å². The molecule has 5 N–H and O–H groups in total. The summed E-state index contributed by atoms with van der Waals surface area (Å²) in [6.07, 6.45) is -3.03. The third-order valence-electron chi connectivity index (χ3n) is 2.38. The van der Waals surface area contributed by atoms with Crippen LogP contribution in [0.25, 0.3) is 0 Å². The number of nitrogen functional groups attached to an aromatic ring is 1. The Balaban J connectivity index is 2.83. The molecule has 0 fully saturated rings. The number of hydrogen-bond acceptors (Lipinski definition) is 4. The van der Waals surface area contributed by atoms with E-state index in [9.17, 15) is 15.0 Å². The number of aliphatic hydroxyl groups is 2. The van der Waals surface area contributed by atoms with Crippen LogP contribution >= 0.6 is 0 Å². The molecule has 0 spiro atoms. The van der Waals surface area contributed by atoms with Gasteiger partial charge in [-0.15, -0.1) is 0 Å². The molecule has 2 unspecified atom stereocenters. The fourth-order valence-corrected chi connectivity index (χ4v) is 1.40. The molecule has 2 atom stereocenters. The predicted octanol–water partition coefficient (Wildman–Crippen LogP) is 0.446. The van der Waals surface area contributed by atoms with E-state index in [4.69, 9.17) is 10.8 Å².